The van der Waals surface area contributed by atoms with Crippen molar-refractivity contribution < 1.29 is 4.81 Å². The Labute approximate surface area is 120 Å². The van der Waals surface area contributed by atoms with Crippen LogP contribution in [0.25, 0.3) is 0 Å². The highest BCUT2D eigenvalue weighted by atomic mass is 16.1. The summed E-state index contributed by atoms with van der Waals surface area (Å²) in [6, 6.07) is 0. The van der Waals surface area contributed by atoms with Crippen molar-refractivity contribution in [3.63, 3.8) is 0 Å². The third-order valence-corrected chi connectivity index (χ3v) is 3.92. The summed E-state index contributed by atoms with van der Waals surface area (Å²) in [5.74, 6) is 0. The molecule has 0 radical (unpaired) electrons. The van der Waals surface area contributed by atoms with E-state index in [1.165, 1.54) is 0 Å². The lowest BCUT2D eigenvalue weighted by Gasteiger charge is -2.53. The zero-order valence-electron chi connectivity index (χ0n) is 14.0. The van der Waals surface area contributed by atoms with E-state index in [1.807, 2.05) is 0 Å². The van der Waals surface area contributed by atoms with Crippen LogP contribution < -0.4 is 0 Å². The summed E-state index contributed by atoms with van der Waals surface area (Å²) in [5.41, 5.74) is 0. The van der Waals surface area contributed by atoms with Gasteiger partial charge in [0.25, 0.3) is 0 Å². The Balaban J connectivity index is 5.74. The lowest BCUT2D eigenvalue weighted by atomic mass is 10.5. The van der Waals surface area contributed by atoms with Gasteiger partial charge in [-0.3, -0.25) is 0 Å². The van der Waals surface area contributed by atoms with Gasteiger partial charge in [-0.15, -0.1) is 15.0 Å². The van der Waals surface area contributed by atoms with E-state index in [-0.39, 0.29) is 0 Å². The Kier molecular flexibility index (Phi) is 9.27. The first-order chi connectivity index (χ1) is 9.12. The molecular formula is C15H35N4+. The Morgan fingerprint density at radius 1 is 0.684 bits per heavy atom. The van der Waals surface area contributed by atoms with E-state index in [2.05, 4.69) is 69.2 Å². The topological polar surface area (TPSA) is 9.72 Å². The largest absolute Gasteiger partial charge is 0.153 e. The molecule has 0 aromatic rings. The molecule has 0 saturated heterocycles. The van der Waals surface area contributed by atoms with Gasteiger partial charge in [-0.05, 0) is 47.6 Å². The van der Waals surface area contributed by atoms with Gasteiger partial charge in [-0.2, -0.15) is 0 Å². The van der Waals surface area contributed by atoms with Crippen LogP contribution in [0, 0.1) is 0 Å². The summed E-state index contributed by atoms with van der Waals surface area (Å²) in [6.45, 7) is 24.6. The quantitative estimate of drug-likeness (QED) is 0.325. The second kappa shape index (κ2) is 9.48. The molecule has 0 rings (SSSR count). The summed E-state index contributed by atoms with van der Waals surface area (Å²) in [6.07, 6.45) is 2.05. The highest BCUT2D eigenvalue weighted by molar-refractivity contribution is 4.65. The second-order valence-corrected chi connectivity index (χ2v) is 4.58. The second-order valence-electron chi connectivity index (χ2n) is 4.58. The predicted octanol–water partition coefficient (Wildman–Crippen LogP) is 2.76. The van der Waals surface area contributed by atoms with Crippen LogP contribution in [0.4, 0.5) is 0 Å². The van der Waals surface area contributed by atoms with Crippen LogP contribution in [0.1, 0.15) is 41.5 Å². The van der Waals surface area contributed by atoms with Crippen LogP contribution in [0.3, 0.4) is 0 Å². The molecule has 0 aromatic heterocycles. The Morgan fingerprint density at radius 3 is 1.11 bits per heavy atom. The molecule has 0 atom stereocenters. The number of hydrogen-bond donors (Lipinski definition) is 0. The standard InChI is InChI=1S/C15H35N4/c1-8-15-19(16(9-2)10-3,17(11-4)12-5)18(13-6)14-7/h8H,1,9-15H2,2-7H3/q+1. The fourth-order valence-electron chi connectivity index (χ4n) is 3.09. The van der Waals surface area contributed by atoms with Gasteiger partial charge in [0.15, 0.2) is 6.54 Å². The first-order valence-corrected chi connectivity index (χ1v) is 7.87. The summed E-state index contributed by atoms with van der Waals surface area (Å²) >= 11 is 0. The van der Waals surface area contributed by atoms with Crippen LogP contribution in [-0.4, -0.2) is 65.7 Å². The molecule has 0 heterocycles. The average molecular weight is 271 g/mol. The molecule has 0 N–H and O–H groups in total. The summed E-state index contributed by atoms with van der Waals surface area (Å²) in [7, 11) is 0. The SMILES string of the molecule is C=CC[N+](N(CC)CC)(N(CC)CC)N(CC)CC. The fraction of sp³-hybridized carbons (Fsp3) is 0.867. The van der Waals surface area contributed by atoms with Gasteiger partial charge in [0.1, 0.15) is 0 Å². The monoisotopic (exact) mass is 271 g/mol. The van der Waals surface area contributed by atoms with E-state index in [9.17, 15) is 0 Å². The van der Waals surface area contributed by atoms with Crippen molar-refractivity contribution >= 4 is 0 Å². The maximum Gasteiger partial charge on any atom is 0.153 e. The average Bonchev–Trinajstić information content (AvgIpc) is 2.42. The van der Waals surface area contributed by atoms with Crippen molar-refractivity contribution in [3.8, 4) is 0 Å². The number of rotatable bonds is 11. The Hall–Kier alpha value is -0.420. The molecule has 19 heavy (non-hydrogen) atoms. The third-order valence-electron chi connectivity index (χ3n) is 3.92. The molecule has 0 aromatic carbocycles. The molecule has 0 fully saturated rings. The molecule has 4 nitrogen and oxygen atoms in total. The van der Waals surface area contributed by atoms with Gasteiger partial charge >= 0.3 is 0 Å². The first kappa shape index (κ1) is 18.6. The lowest BCUT2D eigenvalue weighted by molar-refractivity contribution is -1.20. The zero-order chi connectivity index (χ0) is 14.9. The minimum absolute atomic E-state index is 0.788. The van der Waals surface area contributed by atoms with Crippen LogP contribution in [0.5, 0.6) is 0 Å². The van der Waals surface area contributed by atoms with Crippen LogP contribution in [0.15, 0.2) is 12.7 Å². The molecule has 0 unspecified atom stereocenters. The Bertz CT molecular complexity index is 199. The predicted molar refractivity (Wildman–Crippen MR) is 84.1 cm³/mol. The summed E-state index contributed by atoms with van der Waals surface area (Å²) in [4.78, 5) is 0.788. The summed E-state index contributed by atoms with van der Waals surface area (Å²) < 4.78 is 0. The first-order valence-electron chi connectivity index (χ1n) is 7.87. The molecule has 0 amide bonds. The molecule has 0 saturated carbocycles. The van der Waals surface area contributed by atoms with Crippen LogP contribution >= 0.6 is 0 Å². The van der Waals surface area contributed by atoms with Crippen molar-refractivity contribution in [2.24, 2.45) is 0 Å². The lowest BCUT2D eigenvalue weighted by Crippen LogP contribution is -2.75. The van der Waals surface area contributed by atoms with Crippen LogP contribution in [-0.2, 0) is 0 Å². The maximum atomic E-state index is 4.00. The molecule has 0 aliphatic carbocycles. The van der Waals surface area contributed by atoms with Crippen molar-refractivity contribution in [2.45, 2.75) is 41.5 Å². The van der Waals surface area contributed by atoms with Gasteiger partial charge in [0.05, 0.1) is 0 Å². The smallest absolute Gasteiger partial charge is 0.116 e. The minimum atomic E-state index is 0.788. The molecule has 0 aliphatic heterocycles. The molecule has 0 spiro atoms. The number of quaternary nitrogens is 1. The zero-order valence-corrected chi connectivity index (χ0v) is 14.0. The van der Waals surface area contributed by atoms with Gasteiger partial charge in [-0.1, -0.05) is 11.4 Å². The van der Waals surface area contributed by atoms with Crippen molar-refractivity contribution in [2.75, 3.05) is 45.8 Å². The van der Waals surface area contributed by atoms with E-state index >= 15 is 0 Å². The van der Waals surface area contributed by atoms with Crippen LogP contribution in [0.2, 0.25) is 0 Å². The number of hydrogen-bond acceptors (Lipinski definition) is 3. The van der Waals surface area contributed by atoms with Crippen molar-refractivity contribution in [1.82, 2.24) is 15.0 Å². The van der Waals surface area contributed by atoms with Crippen molar-refractivity contribution in [3.05, 3.63) is 12.7 Å². The van der Waals surface area contributed by atoms with E-state index in [1.54, 1.807) is 0 Å². The van der Waals surface area contributed by atoms with E-state index < -0.39 is 0 Å². The highest BCUT2D eigenvalue weighted by Crippen LogP contribution is 2.22. The van der Waals surface area contributed by atoms with Gasteiger partial charge in [0.2, 0.25) is 0 Å². The summed E-state index contributed by atoms with van der Waals surface area (Å²) in [5, 5.41) is 7.55. The minimum Gasteiger partial charge on any atom is -0.116 e. The fourth-order valence-corrected chi connectivity index (χ4v) is 3.09. The van der Waals surface area contributed by atoms with Gasteiger partial charge in [0, 0.05) is 39.3 Å². The molecule has 4 heteroatoms. The molecule has 0 aliphatic rings. The Morgan fingerprint density at radius 2 is 0.947 bits per heavy atom. The van der Waals surface area contributed by atoms with E-state index in [0.29, 0.717) is 0 Å². The van der Waals surface area contributed by atoms with E-state index in [4.69, 9.17) is 0 Å². The van der Waals surface area contributed by atoms with Crippen molar-refractivity contribution in [1.29, 1.82) is 0 Å². The molecule has 0 bridgehead atoms. The normalized spacial score (nSPS) is 12.7. The third kappa shape index (κ3) is 3.78. The molecular weight excluding hydrogens is 236 g/mol. The maximum absolute atomic E-state index is 4.00. The molecule has 114 valence electrons. The highest BCUT2D eigenvalue weighted by Gasteiger charge is 2.43. The van der Waals surface area contributed by atoms with E-state index in [0.717, 1.165) is 50.6 Å². The van der Waals surface area contributed by atoms with Gasteiger partial charge < -0.3 is 0 Å². The number of nitrogens with zero attached hydrogens (tertiary/aromatic N) is 4. The van der Waals surface area contributed by atoms with Gasteiger partial charge in [-0.25, -0.2) is 0 Å².